The summed E-state index contributed by atoms with van der Waals surface area (Å²) in [6, 6.07) is 3.73. The Morgan fingerprint density at radius 2 is 2.15 bits per heavy atom. The number of alkyl carbamates (subject to hydrolysis) is 1. The van der Waals surface area contributed by atoms with Gasteiger partial charge in [-0.25, -0.2) is 9.18 Å². The molecule has 0 fully saturated rings. The van der Waals surface area contributed by atoms with Crippen molar-refractivity contribution in [2.75, 3.05) is 6.54 Å². The average molecular weight is 303 g/mol. The van der Waals surface area contributed by atoms with Crippen molar-refractivity contribution >= 4 is 17.7 Å². The number of carbonyl (C=O) groups excluding carboxylic acids is 1. The van der Waals surface area contributed by atoms with E-state index in [1.807, 2.05) is 0 Å². The van der Waals surface area contributed by atoms with Crippen LogP contribution in [0.4, 0.5) is 9.18 Å². The molecule has 0 aliphatic carbocycles. The van der Waals surface area contributed by atoms with E-state index in [2.05, 4.69) is 5.32 Å². The number of benzene rings is 1. The van der Waals surface area contributed by atoms with Gasteiger partial charge in [0.15, 0.2) is 0 Å². The van der Waals surface area contributed by atoms with Gasteiger partial charge in [0.05, 0.1) is 0 Å². The second kappa shape index (κ2) is 6.90. The van der Waals surface area contributed by atoms with E-state index in [1.54, 1.807) is 20.8 Å². The Balaban J connectivity index is 2.68. The lowest BCUT2D eigenvalue weighted by Crippen LogP contribution is -2.44. The summed E-state index contributed by atoms with van der Waals surface area (Å²) in [5.74, 6) is -0.377. The molecule has 1 amide bonds. The van der Waals surface area contributed by atoms with E-state index in [4.69, 9.17) is 22.1 Å². The molecule has 0 saturated heterocycles. The van der Waals surface area contributed by atoms with Gasteiger partial charge in [-0.3, -0.25) is 0 Å². The van der Waals surface area contributed by atoms with Crippen LogP contribution in [0.1, 0.15) is 26.3 Å². The minimum absolute atomic E-state index is 0.200. The first-order valence-electron chi connectivity index (χ1n) is 6.35. The zero-order chi connectivity index (χ0) is 15.3. The molecule has 112 valence electrons. The molecular weight excluding hydrogens is 283 g/mol. The van der Waals surface area contributed by atoms with Crippen molar-refractivity contribution in [2.24, 2.45) is 5.73 Å². The fraction of sp³-hybridized carbons (Fsp3) is 0.500. The molecule has 1 rings (SSSR count). The molecule has 0 aliphatic heterocycles. The van der Waals surface area contributed by atoms with Gasteiger partial charge in [-0.15, -0.1) is 0 Å². The Morgan fingerprint density at radius 1 is 1.50 bits per heavy atom. The highest BCUT2D eigenvalue weighted by molar-refractivity contribution is 6.31. The Hall–Kier alpha value is -1.33. The summed E-state index contributed by atoms with van der Waals surface area (Å²) in [4.78, 5) is 11.7. The third kappa shape index (κ3) is 5.75. The molecule has 4 nitrogen and oxygen atoms in total. The number of nitrogens with one attached hydrogen (secondary N) is 1. The summed E-state index contributed by atoms with van der Waals surface area (Å²) in [5, 5.41) is 3.09. The highest BCUT2D eigenvalue weighted by Gasteiger charge is 2.19. The molecule has 0 aromatic heterocycles. The minimum atomic E-state index is -0.584. The van der Waals surface area contributed by atoms with Gasteiger partial charge < -0.3 is 15.8 Å². The van der Waals surface area contributed by atoms with Crippen molar-refractivity contribution in [3.8, 4) is 0 Å². The Morgan fingerprint density at radius 3 is 2.70 bits per heavy atom. The highest BCUT2D eigenvalue weighted by atomic mass is 35.5. The normalized spacial score (nSPS) is 12.9. The van der Waals surface area contributed by atoms with Crippen LogP contribution in [0.25, 0.3) is 0 Å². The molecule has 1 aromatic carbocycles. The lowest BCUT2D eigenvalue weighted by molar-refractivity contribution is 0.0506. The van der Waals surface area contributed by atoms with E-state index in [-0.39, 0.29) is 18.4 Å². The number of ether oxygens (including phenoxy) is 1. The molecule has 1 aromatic rings. The fourth-order valence-electron chi connectivity index (χ4n) is 1.63. The molecule has 1 unspecified atom stereocenters. The van der Waals surface area contributed by atoms with Crippen molar-refractivity contribution in [3.05, 3.63) is 34.6 Å². The molecule has 20 heavy (non-hydrogen) atoms. The maximum Gasteiger partial charge on any atom is 0.407 e. The molecular formula is C14H20ClFN2O2. The quantitative estimate of drug-likeness (QED) is 0.899. The van der Waals surface area contributed by atoms with Crippen molar-refractivity contribution in [1.29, 1.82) is 0 Å². The second-order valence-electron chi connectivity index (χ2n) is 5.52. The van der Waals surface area contributed by atoms with Crippen LogP contribution in [0.3, 0.4) is 0 Å². The van der Waals surface area contributed by atoms with Gasteiger partial charge in [-0.1, -0.05) is 11.6 Å². The van der Waals surface area contributed by atoms with Crippen LogP contribution in [-0.4, -0.2) is 24.3 Å². The lowest BCUT2D eigenvalue weighted by atomic mass is 10.1. The SMILES string of the molecule is CC(C)(C)OC(=O)NC(CN)Cc1cc(F)ccc1Cl. The second-order valence-corrected chi connectivity index (χ2v) is 5.93. The summed E-state index contributed by atoms with van der Waals surface area (Å²) in [7, 11) is 0. The first kappa shape index (κ1) is 16.7. The van der Waals surface area contributed by atoms with Gasteiger partial charge >= 0.3 is 6.09 Å². The van der Waals surface area contributed by atoms with Crippen LogP contribution in [0, 0.1) is 5.82 Å². The molecule has 0 heterocycles. The summed E-state index contributed by atoms with van der Waals surface area (Å²) >= 11 is 5.99. The number of carbonyl (C=O) groups is 1. The minimum Gasteiger partial charge on any atom is -0.444 e. The van der Waals surface area contributed by atoms with Crippen LogP contribution in [0.15, 0.2) is 18.2 Å². The Bertz CT molecular complexity index is 475. The van der Waals surface area contributed by atoms with E-state index in [1.165, 1.54) is 18.2 Å². The predicted octanol–water partition coefficient (Wildman–Crippen LogP) is 2.87. The van der Waals surface area contributed by atoms with E-state index in [0.717, 1.165) is 0 Å². The lowest BCUT2D eigenvalue weighted by Gasteiger charge is -2.23. The summed E-state index contributed by atoms with van der Waals surface area (Å²) < 4.78 is 18.3. The number of amides is 1. The monoisotopic (exact) mass is 302 g/mol. The molecule has 6 heteroatoms. The zero-order valence-electron chi connectivity index (χ0n) is 11.9. The number of nitrogens with two attached hydrogens (primary N) is 1. The van der Waals surface area contributed by atoms with Crippen LogP contribution < -0.4 is 11.1 Å². The Labute approximate surface area is 123 Å². The Kier molecular flexibility index (Phi) is 5.77. The van der Waals surface area contributed by atoms with Crippen molar-refractivity contribution < 1.29 is 13.9 Å². The molecule has 0 aliphatic rings. The summed E-state index contributed by atoms with van der Waals surface area (Å²) in [5.41, 5.74) is 5.63. The van der Waals surface area contributed by atoms with Crippen LogP contribution in [0.5, 0.6) is 0 Å². The van der Waals surface area contributed by atoms with Gasteiger partial charge in [0.25, 0.3) is 0 Å². The van der Waals surface area contributed by atoms with Crippen LogP contribution >= 0.6 is 11.6 Å². The third-order valence-electron chi connectivity index (χ3n) is 2.48. The van der Waals surface area contributed by atoms with Gasteiger partial charge in [0, 0.05) is 17.6 Å². The number of halogens is 2. The van der Waals surface area contributed by atoms with Gasteiger partial charge in [-0.2, -0.15) is 0 Å². The smallest absolute Gasteiger partial charge is 0.407 e. The van der Waals surface area contributed by atoms with Crippen molar-refractivity contribution in [2.45, 2.75) is 38.8 Å². The van der Waals surface area contributed by atoms with Gasteiger partial charge in [0.1, 0.15) is 11.4 Å². The highest BCUT2D eigenvalue weighted by Crippen LogP contribution is 2.18. The van der Waals surface area contributed by atoms with Crippen LogP contribution in [-0.2, 0) is 11.2 Å². The number of rotatable bonds is 4. The zero-order valence-corrected chi connectivity index (χ0v) is 12.6. The molecule has 1 atom stereocenters. The van der Waals surface area contributed by atoms with Gasteiger partial charge in [-0.05, 0) is 51.0 Å². The van der Waals surface area contributed by atoms with Gasteiger partial charge in [0.2, 0.25) is 0 Å². The molecule has 0 spiro atoms. The number of hydrogen-bond acceptors (Lipinski definition) is 3. The van der Waals surface area contributed by atoms with E-state index in [0.29, 0.717) is 17.0 Å². The van der Waals surface area contributed by atoms with E-state index < -0.39 is 11.7 Å². The first-order chi connectivity index (χ1) is 9.21. The van der Waals surface area contributed by atoms with Crippen LogP contribution in [0.2, 0.25) is 5.02 Å². The van der Waals surface area contributed by atoms with Crippen molar-refractivity contribution in [1.82, 2.24) is 5.32 Å². The number of hydrogen-bond donors (Lipinski definition) is 2. The third-order valence-corrected chi connectivity index (χ3v) is 2.85. The average Bonchev–Trinajstić information content (AvgIpc) is 2.30. The van der Waals surface area contributed by atoms with Crippen molar-refractivity contribution in [3.63, 3.8) is 0 Å². The van der Waals surface area contributed by atoms with E-state index >= 15 is 0 Å². The topological polar surface area (TPSA) is 64.3 Å². The maximum absolute atomic E-state index is 13.2. The maximum atomic E-state index is 13.2. The first-order valence-corrected chi connectivity index (χ1v) is 6.72. The van der Waals surface area contributed by atoms with E-state index in [9.17, 15) is 9.18 Å². The molecule has 0 bridgehead atoms. The predicted molar refractivity (Wildman–Crippen MR) is 77.3 cm³/mol. The molecule has 0 radical (unpaired) electrons. The summed E-state index contributed by atoms with van der Waals surface area (Å²) in [6.45, 7) is 5.51. The standard InChI is InChI=1S/C14H20ClFN2O2/c1-14(2,3)20-13(19)18-11(8-17)7-9-6-10(16)4-5-12(9)15/h4-6,11H,7-8,17H2,1-3H3,(H,18,19). The largest absolute Gasteiger partial charge is 0.444 e. The molecule has 0 saturated carbocycles. The summed E-state index contributed by atoms with van der Waals surface area (Å²) in [6.07, 6.45) is -0.215. The molecule has 3 N–H and O–H groups in total. The fourth-order valence-corrected chi connectivity index (χ4v) is 1.83.